The van der Waals surface area contributed by atoms with Gasteiger partial charge in [-0.1, -0.05) is 47.7 Å². The molecule has 0 amide bonds. The van der Waals surface area contributed by atoms with E-state index in [1.54, 1.807) is 12.1 Å². The van der Waals surface area contributed by atoms with E-state index in [-0.39, 0.29) is 0 Å². The molecule has 0 saturated heterocycles. The molecule has 1 aliphatic rings. The van der Waals surface area contributed by atoms with Gasteiger partial charge in [-0.15, -0.1) is 0 Å². The Hall–Kier alpha value is -2.53. The second kappa shape index (κ2) is 5.83. The highest BCUT2D eigenvalue weighted by atomic mass is 32.1. The highest BCUT2D eigenvalue weighted by Gasteiger charge is 2.42. The highest BCUT2D eigenvalue weighted by Crippen LogP contribution is 2.46. The zero-order valence-corrected chi connectivity index (χ0v) is 14.2. The van der Waals surface area contributed by atoms with E-state index in [2.05, 4.69) is 41.2 Å². The summed E-state index contributed by atoms with van der Waals surface area (Å²) in [7, 11) is 2.11. The molecule has 2 aromatic carbocycles. The fourth-order valence-corrected chi connectivity index (χ4v) is 3.89. The van der Waals surface area contributed by atoms with Crippen molar-refractivity contribution in [2.24, 2.45) is 0 Å². The third kappa shape index (κ3) is 2.83. The van der Waals surface area contributed by atoms with E-state index in [0.717, 1.165) is 22.5 Å². The Morgan fingerprint density at radius 3 is 2.62 bits per heavy atom. The van der Waals surface area contributed by atoms with Gasteiger partial charge in [0, 0.05) is 19.0 Å². The first-order valence-corrected chi connectivity index (χ1v) is 8.77. The first-order chi connectivity index (χ1) is 11.6. The molecule has 2 unspecified atom stereocenters. The molecule has 0 radical (unpaired) electrons. The van der Waals surface area contributed by atoms with Gasteiger partial charge in [-0.2, -0.15) is 0 Å². The van der Waals surface area contributed by atoms with E-state index in [1.807, 2.05) is 18.3 Å². The number of nitrogen functional groups attached to an aromatic ring is 1. The summed E-state index contributed by atoms with van der Waals surface area (Å²) in [5, 5.41) is 11.4. The number of nitrogens with two attached hydrogens (primary N) is 1. The van der Waals surface area contributed by atoms with Gasteiger partial charge < -0.3 is 15.7 Å². The van der Waals surface area contributed by atoms with E-state index in [0.29, 0.717) is 22.8 Å². The molecule has 5 heteroatoms. The highest BCUT2D eigenvalue weighted by molar-refractivity contribution is 7.19. The summed E-state index contributed by atoms with van der Waals surface area (Å²) in [5.74, 6) is 0.848. The van der Waals surface area contributed by atoms with E-state index in [9.17, 15) is 5.11 Å². The number of phenols is 1. The molecule has 3 aromatic rings. The van der Waals surface area contributed by atoms with Crippen LogP contribution >= 0.6 is 11.3 Å². The maximum atomic E-state index is 9.61. The van der Waals surface area contributed by atoms with Crippen LogP contribution in [0, 0.1) is 0 Å². The molecular formula is C19H19N3OS. The molecule has 1 heterocycles. The van der Waals surface area contributed by atoms with Gasteiger partial charge in [0.2, 0.25) is 0 Å². The van der Waals surface area contributed by atoms with Gasteiger partial charge in [-0.05, 0) is 35.2 Å². The summed E-state index contributed by atoms with van der Waals surface area (Å²) in [6.07, 6.45) is 3.00. The van der Waals surface area contributed by atoms with Crippen molar-refractivity contribution in [1.82, 2.24) is 4.98 Å². The van der Waals surface area contributed by atoms with Gasteiger partial charge >= 0.3 is 0 Å². The number of nitrogens with zero attached hydrogens (tertiary/aromatic N) is 2. The van der Waals surface area contributed by atoms with Crippen molar-refractivity contribution in [2.45, 2.75) is 18.4 Å². The van der Waals surface area contributed by atoms with Crippen LogP contribution in [-0.2, 0) is 0 Å². The number of hydrogen-bond donors (Lipinski definition) is 2. The standard InChI is InChI=1S/C19H19N3OS/c1-22(18-11-21-19(20)24-18)17-10-16(17)13-7-5-12(6-8-13)14-3-2-4-15(23)9-14/h2-9,11,16-17,23H,10H2,1H3,(H2,20,21). The number of aromatic hydroxyl groups is 1. The number of benzene rings is 2. The van der Waals surface area contributed by atoms with Crippen molar-refractivity contribution >= 4 is 21.5 Å². The Morgan fingerprint density at radius 1 is 1.17 bits per heavy atom. The van der Waals surface area contributed by atoms with E-state index < -0.39 is 0 Å². The van der Waals surface area contributed by atoms with Crippen molar-refractivity contribution in [1.29, 1.82) is 0 Å². The largest absolute Gasteiger partial charge is 0.508 e. The number of rotatable bonds is 4. The van der Waals surface area contributed by atoms with Gasteiger partial charge in [0.15, 0.2) is 5.13 Å². The van der Waals surface area contributed by atoms with Crippen molar-refractivity contribution in [3.63, 3.8) is 0 Å². The average molecular weight is 337 g/mol. The van der Waals surface area contributed by atoms with E-state index in [4.69, 9.17) is 5.73 Å². The Labute approximate surface area is 145 Å². The first-order valence-electron chi connectivity index (χ1n) is 7.95. The fraction of sp³-hybridized carbons (Fsp3) is 0.211. The average Bonchev–Trinajstić information content (AvgIpc) is 3.28. The maximum absolute atomic E-state index is 9.61. The molecule has 0 spiro atoms. The van der Waals surface area contributed by atoms with Crippen LogP contribution in [0.3, 0.4) is 0 Å². The number of likely N-dealkylation sites (N-methyl/N-ethyl adjacent to an activating group) is 1. The SMILES string of the molecule is CN(c1cnc(N)s1)C1CC1c1ccc(-c2cccc(O)c2)cc1. The normalized spacial score (nSPS) is 19.2. The predicted molar refractivity (Wildman–Crippen MR) is 99.6 cm³/mol. The van der Waals surface area contributed by atoms with Crippen molar-refractivity contribution in [3.8, 4) is 16.9 Å². The van der Waals surface area contributed by atoms with Crippen LogP contribution in [0.15, 0.2) is 54.7 Å². The second-order valence-corrected chi connectivity index (χ2v) is 7.27. The summed E-state index contributed by atoms with van der Waals surface area (Å²) in [6.45, 7) is 0. The van der Waals surface area contributed by atoms with Gasteiger partial charge in [-0.3, -0.25) is 0 Å². The maximum Gasteiger partial charge on any atom is 0.181 e. The van der Waals surface area contributed by atoms with Crippen LogP contribution in [0.5, 0.6) is 5.75 Å². The number of anilines is 2. The summed E-state index contributed by atoms with van der Waals surface area (Å²) in [5.41, 5.74) is 9.24. The van der Waals surface area contributed by atoms with Crippen LogP contribution in [0.25, 0.3) is 11.1 Å². The minimum Gasteiger partial charge on any atom is -0.508 e. The van der Waals surface area contributed by atoms with Gasteiger partial charge in [0.05, 0.1) is 6.20 Å². The van der Waals surface area contributed by atoms with Crippen molar-refractivity contribution < 1.29 is 5.11 Å². The summed E-state index contributed by atoms with van der Waals surface area (Å²) in [4.78, 5) is 6.41. The lowest BCUT2D eigenvalue weighted by Crippen LogP contribution is -2.19. The van der Waals surface area contributed by atoms with Crippen LogP contribution in [0.4, 0.5) is 10.1 Å². The van der Waals surface area contributed by atoms with Crippen molar-refractivity contribution in [3.05, 3.63) is 60.3 Å². The van der Waals surface area contributed by atoms with E-state index in [1.165, 1.54) is 16.9 Å². The number of thiazole rings is 1. The molecule has 122 valence electrons. The van der Waals surface area contributed by atoms with Crippen molar-refractivity contribution in [2.75, 3.05) is 17.7 Å². The molecule has 1 fully saturated rings. The fourth-order valence-electron chi connectivity index (χ4n) is 3.18. The molecule has 4 nitrogen and oxygen atoms in total. The molecule has 3 N–H and O–H groups in total. The summed E-state index contributed by atoms with van der Waals surface area (Å²) in [6, 6.07) is 16.5. The third-order valence-electron chi connectivity index (χ3n) is 4.63. The quantitative estimate of drug-likeness (QED) is 0.753. The zero-order valence-electron chi connectivity index (χ0n) is 13.4. The minimum absolute atomic E-state index is 0.296. The molecule has 0 bridgehead atoms. The van der Waals surface area contributed by atoms with Gasteiger partial charge in [0.25, 0.3) is 0 Å². The van der Waals surface area contributed by atoms with Gasteiger partial charge in [0.1, 0.15) is 10.8 Å². The van der Waals surface area contributed by atoms with Crippen LogP contribution in [0.1, 0.15) is 17.9 Å². The Kier molecular flexibility index (Phi) is 3.65. The summed E-state index contributed by atoms with van der Waals surface area (Å²) < 4.78 is 0. The Bertz CT molecular complexity index is 859. The lowest BCUT2D eigenvalue weighted by Gasteiger charge is -2.16. The van der Waals surface area contributed by atoms with Crippen LogP contribution in [-0.4, -0.2) is 23.2 Å². The minimum atomic E-state index is 0.296. The molecule has 4 rings (SSSR count). The van der Waals surface area contributed by atoms with E-state index >= 15 is 0 Å². The second-order valence-electron chi connectivity index (χ2n) is 6.23. The number of hydrogen-bond acceptors (Lipinski definition) is 5. The number of aromatic nitrogens is 1. The summed E-state index contributed by atoms with van der Waals surface area (Å²) >= 11 is 1.53. The molecule has 24 heavy (non-hydrogen) atoms. The molecule has 2 atom stereocenters. The zero-order chi connectivity index (χ0) is 16.7. The molecule has 1 aromatic heterocycles. The van der Waals surface area contributed by atoms with Gasteiger partial charge in [-0.25, -0.2) is 4.98 Å². The first kappa shape index (κ1) is 15.0. The van der Waals surface area contributed by atoms with Crippen LogP contribution < -0.4 is 10.6 Å². The van der Waals surface area contributed by atoms with Crippen LogP contribution in [0.2, 0.25) is 0 Å². The third-order valence-corrected chi connectivity index (χ3v) is 5.55. The number of phenolic OH excluding ortho intramolecular Hbond substituents is 1. The lowest BCUT2D eigenvalue weighted by atomic mass is 10.0. The molecule has 0 aliphatic heterocycles. The topological polar surface area (TPSA) is 62.4 Å². The Morgan fingerprint density at radius 2 is 1.96 bits per heavy atom. The molecule has 1 saturated carbocycles. The molecular weight excluding hydrogens is 318 g/mol. The smallest absolute Gasteiger partial charge is 0.181 e. The Balaban J connectivity index is 1.48. The lowest BCUT2D eigenvalue weighted by molar-refractivity contribution is 0.475. The monoisotopic (exact) mass is 337 g/mol. The molecule has 1 aliphatic carbocycles. The predicted octanol–water partition coefficient (Wildman–Crippen LogP) is 4.09.